The molecule has 3 rings (SSSR count). The third kappa shape index (κ3) is 3.90. The van der Waals surface area contributed by atoms with E-state index in [0.717, 1.165) is 16.5 Å². The van der Waals surface area contributed by atoms with Crippen LogP contribution in [-0.4, -0.2) is 25.6 Å². The van der Waals surface area contributed by atoms with E-state index in [9.17, 15) is 13.2 Å². The molecule has 0 aliphatic rings. The lowest BCUT2D eigenvalue weighted by Gasteiger charge is -2.05. The molecule has 0 unspecified atom stereocenters. The maximum atomic E-state index is 12.3. The lowest BCUT2D eigenvalue weighted by molar-refractivity contribution is 0.102. The Kier molecular flexibility index (Phi) is 4.25. The number of sulfonamides is 1. The Labute approximate surface area is 143 Å². The quantitative estimate of drug-likeness (QED) is 0.747. The molecule has 124 valence electrons. The molecule has 0 aliphatic heterocycles. The zero-order valence-corrected chi connectivity index (χ0v) is 14.7. The number of thiazole rings is 1. The molecule has 3 aromatic rings. The van der Waals surface area contributed by atoms with Gasteiger partial charge in [-0.05, 0) is 37.3 Å². The number of nitrogens with one attached hydrogen (secondary N) is 2. The molecule has 0 bridgehead atoms. The third-order valence-electron chi connectivity index (χ3n) is 3.20. The summed E-state index contributed by atoms with van der Waals surface area (Å²) in [4.78, 5) is 16.5. The van der Waals surface area contributed by atoms with Crippen molar-refractivity contribution in [3.05, 3.63) is 53.6 Å². The number of fused-ring (bicyclic) bond motifs is 1. The molecule has 8 heteroatoms. The van der Waals surface area contributed by atoms with Crippen LogP contribution >= 0.6 is 11.3 Å². The van der Waals surface area contributed by atoms with Crippen molar-refractivity contribution in [2.45, 2.75) is 6.92 Å². The van der Waals surface area contributed by atoms with Crippen molar-refractivity contribution in [1.82, 2.24) is 4.98 Å². The number of anilines is 2. The number of aromatic nitrogens is 1. The highest BCUT2D eigenvalue weighted by molar-refractivity contribution is 7.92. The van der Waals surface area contributed by atoms with Crippen LogP contribution in [0.2, 0.25) is 0 Å². The number of carbonyl (C=O) groups excluding carboxylic acids is 1. The second kappa shape index (κ2) is 6.21. The molecule has 0 saturated heterocycles. The molecule has 0 fully saturated rings. The minimum atomic E-state index is -3.37. The predicted molar refractivity (Wildman–Crippen MR) is 97.2 cm³/mol. The fraction of sp³-hybridized carbons (Fsp3) is 0.125. The highest BCUT2D eigenvalue weighted by Crippen LogP contribution is 2.29. The second-order valence-electron chi connectivity index (χ2n) is 5.40. The summed E-state index contributed by atoms with van der Waals surface area (Å²) in [5, 5.41) is 3.14. The van der Waals surface area contributed by atoms with E-state index in [-0.39, 0.29) is 5.91 Å². The second-order valence-corrected chi connectivity index (χ2v) is 8.18. The lowest BCUT2D eigenvalue weighted by atomic mass is 10.1. The van der Waals surface area contributed by atoms with Crippen LogP contribution in [-0.2, 0) is 10.0 Å². The van der Waals surface area contributed by atoms with Crippen LogP contribution in [0.1, 0.15) is 15.9 Å². The van der Waals surface area contributed by atoms with Crippen molar-refractivity contribution < 1.29 is 13.2 Å². The predicted octanol–water partition coefficient (Wildman–Crippen LogP) is 3.23. The van der Waals surface area contributed by atoms with Gasteiger partial charge in [0.25, 0.3) is 5.91 Å². The highest BCUT2D eigenvalue weighted by atomic mass is 32.2. The largest absolute Gasteiger partial charge is 0.322 e. The van der Waals surface area contributed by atoms with Gasteiger partial charge in [0, 0.05) is 11.3 Å². The average molecular weight is 361 g/mol. The molecule has 2 N–H and O–H groups in total. The Morgan fingerprint density at radius 2 is 1.96 bits per heavy atom. The van der Waals surface area contributed by atoms with Crippen LogP contribution in [0.4, 0.5) is 10.8 Å². The summed E-state index contributed by atoms with van der Waals surface area (Å²) < 4.78 is 25.7. The highest BCUT2D eigenvalue weighted by Gasteiger charge is 2.10. The van der Waals surface area contributed by atoms with E-state index in [1.807, 2.05) is 25.1 Å². The number of nitrogens with zero attached hydrogens (tertiary/aromatic N) is 1. The summed E-state index contributed by atoms with van der Waals surface area (Å²) >= 11 is 1.21. The van der Waals surface area contributed by atoms with Crippen LogP contribution in [0.15, 0.2) is 42.5 Å². The van der Waals surface area contributed by atoms with Gasteiger partial charge < -0.3 is 5.32 Å². The SMILES string of the molecule is Cc1cccc(C(=O)Nc2ccc3nc(NS(C)(=O)=O)sc3c2)c1. The molecular formula is C16H15N3O3S2. The summed E-state index contributed by atoms with van der Waals surface area (Å²) in [6.07, 6.45) is 1.08. The van der Waals surface area contributed by atoms with Crippen LogP contribution in [0.25, 0.3) is 10.2 Å². The van der Waals surface area contributed by atoms with Crippen molar-refractivity contribution in [2.24, 2.45) is 0 Å². The molecule has 1 aromatic heterocycles. The van der Waals surface area contributed by atoms with E-state index in [2.05, 4.69) is 15.0 Å². The van der Waals surface area contributed by atoms with Gasteiger partial charge in [-0.15, -0.1) is 0 Å². The average Bonchev–Trinajstić information content (AvgIpc) is 2.86. The molecule has 0 aliphatic carbocycles. The normalized spacial score (nSPS) is 11.4. The van der Waals surface area contributed by atoms with E-state index >= 15 is 0 Å². The van der Waals surface area contributed by atoms with Crippen molar-refractivity contribution >= 4 is 48.3 Å². The van der Waals surface area contributed by atoms with Crippen molar-refractivity contribution in [1.29, 1.82) is 0 Å². The monoisotopic (exact) mass is 361 g/mol. The van der Waals surface area contributed by atoms with E-state index in [1.54, 1.807) is 24.3 Å². The molecule has 0 atom stereocenters. The van der Waals surface area contributed by atoms with Crippen LogP contribution < -0.4 is 10.0 Å². The third-order valence-corrected chi connectivity index (χ3v) is 4.83. The fourth-order valence-electron chi connectivity index (χ4n) is 2.19. The molecule has 0 radical (unpaired) electrons. The van der Waals surface area contributed by atoms with Gasteiger partial charge in [0.2, 0.25) is 10.0 Å². The van der Waals surface area contributed by atoms with Crippen LogP contribution in [0.5, 0.6) is 0 Å². The van der Waals surface area contributed by atoms with Gasteiger partial charge in [0.15, 0.2) is 5.13 Å². The molecule has 24 heavy (non-hydrogen) atoms. The van der Waals surface area contributed by atoms with Crippen LogP contribution in [0.3, 0.4) is 0 Å². The topological polar surface area (TPSA) is 88.2 Å². The Balaban J connectivity index is 1.84. The Morgan fingerprint density at radius 3 is 2.67 bits per heavy atom. The molecule has 1 amide bonds. The smallest absolute Gasteiger partial charge is 0.255 e. The number of hydrogen-bond acceptors (Lipinski definition) is 5. The Hall–Kier alpha value is -2.45. The van der Waals surface area contributed by atoms with E-state index in [4.69, 9.17) is 0 Å². The minimum Gasteiger partial charge on any atom is -0.322 e. The van der Waals surface area contributed by atoms with Gasteiger partial charge in [-0.1, -0.05) is 29.0 Å². The maximum Gasteiger partial charge on any atom is 0.255 e. The number of hydrogen-bond donors (Lipinski definition) is 2. The number of amides is 1. The first-order chi connectivity index (χ1) is 11.3. The van der Waals surface area contributed by atoms with Crippen molar-refractivity contribution in [2.75, 3.05) is 16.3 Å². The Bertz CT molecular complexity index is 1030. The number of carbonyl (C=O) groups is 1. The molecule has 6 nitrogen and oxygen atoms in total. The van der Waals surface area contributed by atoms with Gasteiger partial charge in [-0.2, -0.15) is 0 Å². The zero-order valence-electron chi connectivity index (χ0n) is 13.0. The summed E-state index contributed by atoms with van der Waals surface area (Å²) in [6, 6.07) is 12.6. The van der Waals surface area contributed by atoms with Gasteiger partial charge >= 0.3 is 0 Å². The van der Waals surface area contributed by atoms with Crippen molar-refractivity contribution in [3.8, 4) is 0 Å². The van der Waals surface area contributed by atoms with E-state index < -0.39 is 10.0 Å². The first-order valence-electron chi connectivity index (χ1n) is 7.06. The van der Waals surface area contributed by atoms with E-state index in [1.165, 1.54) is 11.3 Å². The maximum absolute atomic E-state index is 12.3. The summed E-state index contributed by atoms with van der Waals surface area (Å²) in [5.74, 6) is -0.197. The summed E-state index contributed by atoms with van der Waals surface area (Å²) in [6.45, 7) is 1.93. The fourth-order valence-corrected chi connectivity index (χ4v) is 3.93. The standard InChI is InChI=1S/C16H15N3O3S2/c1-10-4-3-5-11(8-10)15(20)17-12-6-7-13-14(9-12)23-16(18-13)19-24(2,21)22/h3-9H,1-2H3,(H,17,20)(H,18,19). The van der Waals surface area contributed by atoms with Gasteiger partial charge in [0.05, 0.1) is 16.5 Å². The first-order valence-corrected chi connectivity index (χ1v) is 9.77. The zero-order chi connectivity index (χ0) is 17.3. The van der Waals surface area contributed by atoms with Gasteiger partial charge in [-0.3, -0.25) is 9.52 Å². The molecule has 1 heterocycles. The number of rotatable bonds is 4. The summed E-state index contributed by atoms with van der Waals surface area (Å²) in [7, 11) is -3.37. The molecule has 2 aromatic carbocycles. The summed E-state index contributed by atoms with van der Waals surface area (Å²) in [5.41, 5.74) is 2.89. The molecule has 0 spiro atoms. The molecular weight excluding hydrogens is 346 g/mol. The van der Waals surface area contributed by atoms with Crippen molar-refractivity contribution in [3.63, 3.8) is 0 Å². The number of benzene rings is 2. The van der Waals surface area contributed by atoms with E-state index in [0.29, 0.717) is 21.9 Å². The Morgan fingerprint density at radius 1 is 1.17 bits per heavy atom. The lowest BCUT2D eigenvalue weighted by Crippen LogP contribution is -2.11. The number of aryl methyl sites for hydroxylation is 1. The van der Waals surface area contributed by atoms with Gasteiger partial charge in [-0.25, -0.2) is 13.4 Å². The molecule has 0 saturated carbocycles. The van der Waals surface area contributed by atoms with Crippen LogP contribution in [0, 0.1) is 6.92 Å². The van der Waals surface area contributed by atoms with Gasteiger partial charge in [0.1, 0.15) is 0 Å². The first kappa shape index (κ1) is 16.4. The minimum absolute atomic E-state index is 0.197.